The van der Waals surface area contributed by atoms with Gasteiger partial charge in [-0.15, -0.1) is 0 Å². The molecule has 108 heavy (non-hydrogen) atoms. The monoisotopic (exact) mass is 1700 g/mol. The number of hydrogen-bond acceptors (Lipinski definition) is 20. The molecule has 8 heterocycles. The van der Waals surface area contributed by atoms with Gasteiger partial charge in [-0.2, -0.15) is 0 Å². The van der Waals surface area contributed by atoms with E-state index in [9.17, 15) is 0 Å². The van der Waals surface area contributed by atoms with Gasteiger partial charge in [0.05, 0.1) is 24.4 Å². The number of fused-ring (bicyclic) bond motifs is 6. The summed E-state index contributed by atoms with van der Waals surface area (Å²) in [6.45, 7) is 21.2. The van der Waals surface area contributed by atoms with Gasteiger partial charge in [0.25, 0.3) is 0 Å². The number of rotatable bonds is 22. The lowest BCUT2D eigenvalue weighted by Gasteiger charge is -2.60. The van der Waals surface area contributed by atoms with Crippen LogP contribution < -0.4 is 41.5 Å². The van der Waals surface area contributed by atoms with Crippen LogP contribution in [0.5, 0.6) is 0 Å². The molecule has 568 valence electrons. The minimum atomic E-state index is -5.44. The van der Waals surface area contributed by atoms with Crippen molar-refractivity contribution in [2.45, 2.75) is 153 Å². The highest BCUT2D eigenvalue weighted by Gasteiger charge is 2.85. The average Bonchev–Trinajstić information content (AvgIpc) is 0.828. The molecule has 0 aromatic heterocycles. The molecule has 8 aliphatic heterocycles. The van der Waals surface area contributed by atoms with Crippen molar-refractivity contribution < 1.29 is 83.5 Å². The SMILES string of the molecule is C[Si](C)(CCC1CCC2OC2C1)O[Si](C)(C)O[Si]1(C)O[Si]2(c3ccccc3)O[Si]3(c4ccccc4)O[Si]4(c5ccccc5)O[Si](C)(O[Si](C)(C)O[Si](C)(C)CCC5CCC6OC6C5)O[Si]5(c6ccccc6)O[Si](c6ccccc6)(O[Si](c6ccccc6)(O1)O[Si](c1ccccc1)(O5)O[Si](c1ccccc1)(O2)O4)O3. The third-order valence-corrected chi connectivity index (χ3v) is 79.7. The molecule has 10 aliphatic rings. The second-order valence-electron chi connectivity index (χ2n) is 32.1. The molecular formula is C74H96O20Si14. The fraction of sp³-hybridized carbons (Fsp3) is 0.351. The normalized spacial score (nSPS) is 35.9. The molecule has 6 unspecified atom stereocenters. The van der Waals surface area contributed by atoms with Crippen LogP contribution in [0.4, 0.5) is 0 Å². The summed E-state index contributed by atoms with van der Waals surface area (Å²) in [4.78, 5) is 0. The number of hydrogen-bond donors (Lipinski definition) is 0. The van der Waals surface area contributed by atoms with Crippen molar-refractivity contribution in [1.82, 2.24) is 0 Å². The molecule has 20 nitrogen and oxygen atoms in total. The molecule has 8 bridgehead atoms. The Balaban J connectivity index is 0.986. The molecule has 0 N–H and O–H groups in total. The Morgan fingerprint density at radius 1 is 0.269 bits per heavy atom. The Labute approximate surface area is 649 Å². The maximum atomic E-state index is 8.82. The van der Waals surface area contributed by atoms with Gasteiger partial charge in [0.15, 0.2) is 16.6 Å². The molecular weight excluding hydrogens is 1600 g/mol. The zero-order valence-electron chi connectivity index (χ0n) is 62.8. The van der Waals surface area contributed by atoms with E-state index in [1.807, 2.05) is 256 Å². The molecule has 6 atom stereocenters. The van der Waals surface area contributed by atoms with Crippen LogP contribution in [0, 0.1) is 11.8 Å². The van der Waals surface area contributed by atoms with E-state index < -0.39 is 122 Å². The summed E-state index contributed by atoms with van der Waals surface area (Å²) in [6.07, 6.45) is 10.1. The zero-order valence-corrected chi connectivity index (χ0v) is 76.8. The van der Waals surface area contributed by atoms with Crippen molar-refractivity contribution in [3.05, 3.63) is 243 Å². The van der Waals surface area contributed by atoms with Gasteiger partial charge in [0.2, 0.25) is 0 Å². The van der Waals surface area contributed by atoms with E-state index in [0.717, 1.165) is 63.5 Å². The maximum Gasteiger partial charge on any atom is 0.515 e. The van der Waals surface area contributed by atoms with Crippen LogP contribution in [0.2, 0.25) is 77.6 Å². The lowest BCUT2D eigenvalue weighted by atomic mass is 9.88. The summed E-state index contributed by atoms with van der Waals surface area (Å²) in [6, 6.07) is 79.4. The molecule has 18 rings (SSSR count). The van der Waals surface area contributed by atoms with E-state index in [1.54, 1.807) is 0 Å². The first-order valence-electron chi connectivity index (χ1n) is 38.0. The second kappa shape index (κ2) is 29.1. The van der Waals surface area contributed by atoms with Crippen molar-refractivity contribution in [2.75, 3.05) is 0 Å². The minimum absolute atomic E-state index is 0.358. The van der Waals surface area contributed by atoms with Gasteiger partial charge in [-0.3, -0.25) is 0 Å². The fourth-order valence-corrected chi connectivity index (χ4v) is 93.1. The van der Waals surface area contributed by atoms with Crippen molar-refractivity contribution >= 4 is 163 Å². The average molecular weight is 1700 g/mol. The van der Waals surface area contributed by atoms with Gasteiger partial charge in [0, 0.05) is 54.6 Å². The van der Waals surface area contributed by atoms with Gasteiger partial charge in [-0.05, 0) is 115 Å². The first-order chi connectivity index (χ1) is 51.7. The molecule has 0 spiro atoms. The Morgan fingerprint density at radius 2 is 0.463 bits per heavy atom. The van der Waals surface area contributed by atoms with Crippen LogP contribution in [0.15, 0.2) is 243 Å². The van der Waals surface area contributed by atoms with E-state index in [2.05, 4.69) is 52.4 Å². The highest BCUT2D eigenvalue weighted by molar-refractivity contribution is 7.13. The van der Waals surface area contributed by atoms with Crippen molar-refractivity contribution in [1.29, 1.82) is 0 Å². The molecule has 2 saturated carbocycles. The molecule has 2 aliphatic carbocycles. The van der Waals surface area contributed by atoms with Crippen LogP contribution >= 0.6 is 0 Å². The number of ether oxygens (including phenoxy) is 2. The Kier molecular flexibility index (Phi) is 20.6. The quantitative estimate of drug-likeness (QED) is 0.0459. The summed E-state index contributed by atoms with van der Waals surface area (Å²) < 4.78 is 166. The zero-order chi connectivity index (χ0) is 74.6. The highest BCUT2D eigenvalue weighted by atomic mass is 28.6. The van der Waals surface area contributed by atoms with Crippen LogP contribution in [0.3, 0.4) is 0 Å². The largest absolute Gasteiger partial charge is 0.515 e. The molecule has 0 amide bonds. The smallest absolute Gasteiger partial charge is 0.436 e. The number of epoxide rings is 2. The van der Waals surface area contributed by atoms with Crippen molar-refractivity contribution in [2.24, 2.45) is 11.8 Å². The molecule has 34 heteroatoms. The van der Waals surface area contributed by atoms with Crippen LogP contribution in [-0.2, 0) is 83.5 Å². The summed E-state index contributed by atoms with van der Waals surface area (Å²) >= 11 is 0. The topological polar surface area (TPSA) is 191 Å². The first kappa shape index (κ1) is 76.6. The van der Waals surface area contributed by atoms with Gasteiger partial charge in [-0.1, -0.05) is 255 Å². The standard InChI is InChI=1S/C74H96O20Si14/c1-95(2,57-55-61-51-53-71-73(59-61)75-71)77-97(5,6)79-99(9)81-101(63-35-19-11-20-36-63)85-105(67-43-27-15-28-44-67)89-103(65-39-23-13-24-40-65)83-100(10,80-98(7,8)78-96(3,4)58-56-62-52-54-72-74(60-62)76-72)84-104(66-41-25-14-26-42-66)91-107(93-105,69-47-31-17-32-48-69)87-102(82-99,64-37-21-12-22-38-64)88-108(92-104,70-49-33-18-34-50-70)94-106(86-101,90-103)68-45-29-16-30-46-68/h11-50,61-62,71-74H,51-60H2,1-10H3. The third kappa shape index (κ3) is 15.6. The van der Waals surface area contributed by atoms with Crippen LogP contribution in [-0.4, -0.2) is 146 Å². The second-order valence-corrected chi connectivity index (χ2v) is 77.4. The summed E-state index contributed by atoms with van der Waals surface area (Å²) in [5.74, 6) is 1.07. The minimum Gasteiger partial charge on any atom is -0.436 e. The van der Waals surface area contributed by atoms with Gasteiger partial charge < -0.3 is 83.5 Å². The Hall–Kier alpha value is -4.00. The Bertz CT molecular complexity index is 3940. The van der Waals surface area contributed by atoms with E-state index in [1.165, 1.54) is 0 Å². The van der Waals surface area contributed by atoms with Crippen LogP contribution in [0.25, 0.3) is 0 Å². The third-order valence-electron chi connectivity index (χ3n) is 21.4. The predicted molar refractivity (Wildman–Crippen MR) is 438 cm³/mol. The van der Waals surface area contributed by atoms with E-state index in [0.29, 0.717) is 77.7 Å². The molecule has 8 aromatic carbocycles. The van der Waals surface area contributed by atoms with Gasteiger partial charge in [0.1, 0.15) is 0 Å². The van der Waals surface area contributed by atoms with Gasteiger partial charge >= 0.3 is 105 Å². The van der Waals surface area contributed by atoms with Gasteiger partial charge in [-0.25, -0.2) is 0 Å². The summed E-state index contributed by atoms with van der Waals surface area (Å²) in [5, 5.41) is 3.66. The van der Waals surface area contributed by atoms with Crippen molar-refractivity contribution in [3.63, 3.8) is 0 Å². The fourth-order valence-electron chi connectivity index (χ4n) is 16.9. The lowest BCUT2D eigenvalue weighted by molar-refractivity contribution is 0.0133. The van der Waals surface area contributed by atoms with E-state index in [-0.39, 0.29) is 0 Å². The summed E-state index contributed by atoms with van der Waals surface area (Å²) in [7, 11) is -65.3. The highest BCUT2D eigenvalue weighted by Crippen LogP contribution is 2.50. The Morgan fingerprint density at radius 3 is 0.657 bits per heavy atom. The summed E-state index contributed by atoms with van der Waals surface area (Å²) in [5.41, 5.74) is 0. The molecule has 0 radical (unpaired) electrons. The number of benzene rings is 8. The predicted octanol–water partition coefficient (Wildman–Crippen LogP) is 9.99. The van der Waals surface area contributed by atoms with Crippen LogP contribution in [0.1, 0.15) is 51.4 Å². The molecule has 8 saturated heterocycles. The molecule has 10 fully saturated rings. The van der Waals surface area contributed by atoms with Crippen molar-refractivity contribution in [3.8, 4) is 0 Å². The maximum absolute atomic E-state index is 8.82. The van der Waals surface area contributed by atoms with E-state index in [4.69, 9.17) is 83.5 Å². The van der Waals surface area contributed by atoms with E-state index >= 15 is 0 Å². The first-order valence-corrected chi connectivity index (χ1v) is 68.1. The lowest BCUT2D eigenvalue weighted by Crippen LogP contribution is -2.93. The molecule has 8 aromatic rings.